The summed E-state index contributed by atoms with van der Waals surface area (Å²) >= 11 is 0. The Labute approximate surface area is 185 Å². The second-order valence-corrected chi connectivity index (χ2v) is 7.29. The molecular weight excluding hydrogens is 441 g/mol. The number of aryl methyl sites for hydroxylation is 2. The molecule has 1 amide bonds. The molecule has 1 aromatic heterocycles. The van der Waals surface area contributed by atoms with Crippen molar-refractivity contribution in [3.05, 3.63) is 86.3 Å². The van der Waals surface area contributed by atoms with Crippen LogP contribution in [-0.2, 0) is 6.18 Å². The minimum Gasteiger partial charge on any atom is -0.478 e. The number of nitrogens with one attached hydrogen (secondary N) is 2. The quantitative estimate of drug-likeness (QED) is 0.398. The molecule has 1 heterocycles. The number of nitrogens with zero attached hydrogens (tertiary/aromatic N) is 2. The lowest BCUT2D eigenvalue weighted by molar-refractivity contribution is -0.141. The smallest absolute Gasteiger partial charge is 0.433 e. The first kappa shape index (κ1) is 23.5. The van der Waals surface area contributed by atoms with E-state index < -0.39 is 34.9 Å². The average molecular weight is 460 g/mol. The molecule has 11 heteroatoms. The van der Waals surface area contributed by atoms with Crippen LogP contribution in [0.2, 0.25) is 0 Å². The van der Waals surface area contributed by atoms with Crippen LogP contribution < -0.4 is 11.0 Å². The standard InChI is InChI=1S/C22H19F3N4O4/c1-11-4-9-16(10-12(11)2)29-20(31)17(18(28-29)22(23,24)25)13(3)26-27-19(30)14-5-7-15(8-6-14)21(32)33/h4-10,28H,1-3H3,(H,27,30)(H,32,33)/b26-13+. The summed E-state index contributed by atoms with van der Waals surface area (Å²) in [5.41, 5.74) is 0.626. The first-order chi connectivity index (χ1) is 15.4. The predicted molar refractivity (Wildman–Crippen MR) is 114 cm³/mol. The minimum absolute atomic E-state index is 0.0363. The zero-order valence-corrected chi connectivity index (χ0v) is 17.7. The summed E-state index contributed by atoms with van der Waals surface area (Å²) in [6, 6.07) is 9.63. The van der Waals surface area contributed by atoms with E-state index in [1.54, 1.807) is 19.1 Å². The van der Waals surface area contributed by atoms with Gasteiger partial charge in [-0.15, -0.1) is 0 Å². The summed E-state index contributed by atoms with van der Waals surface area (Å²) in [6.07, 6.45) is -4.88. The van der Waals surface area contributed by atoms with Gasteiger partial charge in [-0.05, 0) is 68.3 Å². The summed E-state index contributed by atoms with van der Waals surface area (Å²) in [6.45, 7) is 4.76. The van der Waals surface area contributed by atoms with Crippen molar-refractivity contribution in [2.24, 2.45) is 5.10 Å². The molecule has 0 unspecified atom stereocenters. The molecule has 0 aliphatic carbocycles. The van der Waals surface area contributed by atoms with Gasteiger partial charge in [0.05, 0.1) is 22.5 Å². The summed E-state index contributed by atoms with van der Waals surface area (Å²) in [7, 11) is 0. The largest absolute Gasteiger partial charge is 0.478 e. The first-order valence-electron chi connectivity index (χ1n) is 9.58. The molecule has 3 rings (SSSR count). The fourth-order valence-electron chi connectivity index (χ4n) is 3.04. The van der Waals surface area contributed by atoms with E-state index in [2.05, 4.69) is 15.6 Å². The Morgan fingerprint density at radius 1 is 1.03 bits per heavy atom. The summed E-state index contributed by atoms with van der Waals surface area (Å²) in [4.78, 5) is 36.0. The predicted octanol–water partition coefficient (Wildman–Crippen LogP) is 3.65. The molecular formula is C22H19F3N4O4. The van der Waals surface area contributed by atoms with Crippen LogP contribution in [0.5, 0.6) is 0 Å². The van der Waals surface area contributed by atoms with E-state index in [-0.39, 0.29) is 22.5 Å². The van der Waals surface area contributed by atoms with Gasteiger partial charge in [-0.25, -0.2) is 14.9 Å². The van der Waals surface area contributed by atoms with Gasteiger partial charge in [0.15, 0.2) is 5.69 Å². The molecule has 33 heavy (non-hydrogen) atoms. The second kappa shape index (κ2) is 8.77. The molecule has 0 atom stereocenters. The van der Waals surface area contributed by atoms with E-state index in [9.17, 15) is 27.6 Å². The Kier molecular flexibility index (Phi) is 6.25. The Balaban J connectivity index is 1.98. The summed E-state index contributed by atoms with van der Waals surface area (Å²) in [5.74, 6) is -1.96. The Morgan fingerprint density at radius 3 is 2.18 bits per heavy atom. The van der Waals surface area contributed by atoms with Crippen molar-refractivity contribution < 1.29 is 27.9 Å². The number of amides is 1. The van der Waals surface area contributed by atoms with Crippen LogP contribution in [0, 0.1) is 13.8 Å². The second-order valence-electron chi connectivity index (χ2n) is 7.29. The lowest BCUT2D eigenvalue weighted by Crippen LogP contribution is -2.24. The van der Waals surface area contributed by atoms with Gasteiger partial charge in [-0.3, -0.25) is 14.7 Å². The van der Waals surface area contributed by atoms with E-state index in [0.29, 0.717) is 0 Å². The number of halogens is 3. The molecule has 8 nitrogen and oxygen atoms in total. The third-order valence-electron chi connectivity index (χ3n) is 5.00. The monoisotopic (exact) mass is 460 g/mol. The van der Waals surface area contributed by atoms with Gasteiger partial charge >= 0.3 is 12.1 Å². The van der Waals surface area contributed by atoms with Gasteiger partial charge in [-0.2, -0.15) is 18.3 Å². The number of hydrazone groups is 1. The number of rotatable bonds is 5. The van der Waals surface area contributed by atoms with Gasteiger partial charge in [-0.1, -0.05) is 6.07 Å². The lowest BCUT2D eigenvalue weighted by atomic mass is 10.1. The number of aromatic nitrogens is 2. The van der Waals surface area contributed by atoms with Gasteiger partial charge in [0.2, 0.25) is 0 Å². The van der Waals surface area contributed by atoms with Gasteiger partial charge < -0.3 is 5.11 Å². The molecule has 0 saturated carbocycles. The lowest BCUT2D eigenvalue weighted by Gasteiger charge is -2.07. The van der Waals surface area contributed by atoms with Crippen molar-refractivity contribution in [1.82, 2.24) is 15.2 Å². The fraction of sp³-hybridized carbons (Fsp3) is 0.182. The molecule has 0 spiro atoms. The number of aromatic carboxylic acids is 1. The number of benzene rings is 2. The molecule has 0 bridgehead atoms. The molecule has 3 N–H and O–H groups in total. The number of carboxylic acid groups (broad SMARTS) is 1. The number of hydrogen-bond donors (Lipinski definition) is 3. The maximum Gasteiger partial charge on any atom is 0.433 e. The highest BCUT2D eigenvalue weighted by atomic mass is 19.4. The fourth-order valence-corrected chi connectivity index (χ4v) is 3.04. The Bertz CT molecular complexity index is 1320. The van der Waals surface area contributed by atoms with Crippen LogP contribution in [0.25, 0.3) is 5.69 Å². The number of hydrogen-bond acceptors (Lipinski definition) is 4. The maximum atomic E-state index is 13.7. The Morgan fingerprint density at radius 2 is 1.64 bits per heavy atom. The van der Waals surface area contributed by atoms with Crippen LogP contribution >= 0.6 is 0 Å². The van der Waals surface area contributed by atoms with E-state index in [1.165, 1.54) is 37.3 Å². The van der Waals surface area contributed by atoms with Crippen LogP contribution in [0.1, 0.15) is 50.0 Å². The third-order valence-corrected chi connectivity index (χ3v) is 5.00. The maximum absolute atomic E-state index is 13.7. The highest BCUT2D eigenvalue weighted by Crippen LogP contribution is 2.30. The zero-order valence-electron chi connectivity index (χ0n) is 17.7. The van der Waals surface area contributed by atoms with Crippen LogP contribution in [0.3, 0.4) is 0 Å². The van der Waals surface area contributed by atoms with Crippen molar-refractivity contribution >= 4 is 17.6 Å². The highest BCUT2D eigenvalue weighted by molar-refractivity contribution is 6.01. The molecule has 0 fully saturated rings. The van der Waals surface area contributed by atoms with Crippen molar-refractivity contribution in [3.63, 3.8) is 0 Å². The number of carboxylic acids is 1. The number of H-pyrrole nitrogens is 1. The molecule has 3 aromatic rings. The van der Waals surface area contributed by atoms with E-state index in [4.69, 9.17) is 5.11 Å². The highest BCUT2D eigenvalue weighted by Gasteiger charge is 2.39. The molecule has 172 valence electrons. The zero-order chi connectivity index (χ0) is 24.5. The van der Waals surface area contributed by atoms with Crippen molar-refractivity contribution in [2.45, 2.75) is 26.9 Å². The number of carbonyl (C=O) groups is 2. The van der Waals surface area contributed by atoms with E-state index in [0.717, 1.165) is 15.8 Å². The van der Waals surface area contributed by atoms with Gasteiger partial charge in [0.1, 0.15) is 0 Å². The Hall–Kier alpha value is -4.15. The topological polar surface area (TPSA) is 117 Å². The molecule has 0 aliphatic rings. The van der Waals surface area contributed by atoms with Crippen molar-refractivity contribution in [2.75, 3.05) is 0 Å². The average Bonchev–Trinajstić information content (AvgIpc) is 3.11. The summed E-state index contributed by atoms with van der Waals surface area (Å²) in [5, 5.41) is 14.7. The number of aromatic amines is 1. The molecule has 0 radical (unpaired) electrons. The van der Waals surface area contributed by atoms with Crippen LogP contribution in [0.4, 0.5) is 13.2 Å². The minimum atomic E-state index is -4.88. The third kappa shape index (κ3) is 4.86. The number of alkyl halides is 3. The van der Waals surface area contributed by atoms with Crippen LogP contribution in [-0.4, -0.2) is 32.5 Å². The number of carbonyl (C=O) groups excluding carboxylic acids is 1. The molecule has 0 saturated heterocycles. The van der Waals surface area contributed by atoms with E-state index in [1.807, 2.05) is 6.92 Å². The van der Waals surface area contributed by atoms with Gasteiger partial charge in [0.25, 0.3) is 11.5 Å². The van der Waals surface area contributed by atoms with Crippen molar-refractivity contribution in [3.8, 4) is 5.69 Å². The summed E-state index contributed by atoms with van der Waals surface area (Å²) < 4.78 is 41.7. The first-order valence-corrected chi connectivity index (χ1v) is 9.58. The van der Waals surface area contributed by atoms with E-state index >= 15 is 0 Å². The normalized spacial score (nSPS) is 12.0. The molecule has 2 aromatic carbocycles. The van der Waals surface area contributed by atoms with Crippen molar-refractivity contribution in [1.29, 1.82) is 0 Å². The SMILES string of the molecule is C/C(=N\NC(=O)c1ccc(C(=O)O)cc1)c1c(C(F)(F)F)[nH]n(-c2ccc(C)c(C)c2)c1=O. The molecule has 0 aliphatic heterocycles. The van der Waals surface area contributed by atoms with Gasteiger partial charge in [0, 0.05) is 5.56 Å². The van der Waals surface area contributed by atoms with Crippen LogP contribution in [0.15, 0.2) is 52.4 Å².